The Labute approximate surface area is 161 Å². The van der Waals surface area contributed by atoms with Crippen LogP contribution >= 0.6 is 0 Å². The quantitative estimate of drug-likeness (QED) is 0.585. The van der Waals surface area contributed by atoms with E-state index in [9.17, 15) is 0 Å². The lowest BCUT2D eigenvalue weighted by Crippen LogP contribution is -2.67. The second-order valence-electron chi connectivity index (χ2n) is 7.65. The minimum Gasteiger partial charge on any atom is -0.493 e. The van der Waals surface area contributed by atoms with Crippen LogP contribution in [0.4, 0.5) is 0 Å². The average molecular weight is 377 g/mol. The Bertz CT molecular complexity index is 679. The van der Waals surface area contributed by atoms with E-state index in [4.69, 9.17) is 18.9 Å². The molecular weight excluding hydrogens is 346 g/mol. The Morgan fingerprint density at radius 1 is 1.19 bits per heavy atom. The molecule has 27 heavy (non-hydrogen) atoms. The molecule has 1 aromatic rings. The van der Waals surface area contributed by atoms with Gasteiger partial charge in [-0.3, -0.25) is 4.99 Å². The van der Waals surface area contributed by atoms with Gasteiger partial charge in [-0.15, -0.1) is 0 Å². The molecule has 0 spiro atoms. The molecule has 1 aliphatic heterocycles. The summed E-state index contributed by atoms with van der Waals surface area (Å²) < 4.78 is 22.1. The summed E-state index contributed by atoms with van der Waals surface area (Å²) in [6, 6.07) is 4.24. The second-order valence-corrected chi connectivity index (χ2v) is 7.65. The summed E-state index contributed by atoms with van der Waals surface area (Å²) in [5.74, 6) is 3.21. The van der Waals surface area contributed by atoms with Crippen LogP contribution in [0.2, 0.25) is 0 Å². The van der Waals surface area contributed by atoms with Crippen molar-refractivity contribution in [2.45, 2.75) is 39.0 Å². The lowest BCUT2D eigenvalue weighted by atomic mass is 9.57. The number of hydrogen-bond donors (Lipinski definition) is 2. The smallest absolute Gasteiger partial charge is 0.203 e. The molecule has 2 N–H and O–H groups in total. The van der Waals surface area contributed by atoms with E-state index in [2.05, 4.69) is 29.5 Å². The molecule has 1 aliphatic carbocycles. The van der Waals surface area contributed by atoms with Gasteiger partial charge >= 0.3 is 0 Å². The number of fused-ring (bicyclic) bond motifs is 1. The van der Waals surface area contributed by atoms with Gasteiger partial charge in [0.1, 0.15) is 0 Å². The van der Waals surface area contributed by atoms with E-state index in [1.807, 2.05) is 12.1 Å². The first-order chi connectivity index (χ1) is 13.0. The zero-order chi connectivity index (χ0) is 19.6. The van der Waals surface area contributed by atoms with E-state index in [0.29, 0.717) is 41.9 Å². The molecule has 0 bridgehead atoms. The van der Waals surface area contributed by atoms with Crippen molar-refractivity contribution < 1.29 is 18.9 Å². The fourth-order valence-electron chi connectivity index (χ4n) is 4.38. The molecule has 1 saturated carbocycles. The summed E-state index contributed by atoms with van der Waals surface area (Å²) in [6.45, 7) is 5.95. The SMILES string of the molecule is CN=C(NCc1cc(OC)c(OC)c(OC)c1)NC1C2CCOC2C1(C)C. The molecule has 3 rings (SSSR count). The lowest BCUT2D eigenvalue weighted by molar-refractivity contribution is -0.106. The predicted octanol–water partition coefficient (Wildman–Crippen LogP) is 2.19. The fourth-order valence-corrected chi connectivity index (χ4v) is 4.38. The van der Waals surface area contributed by atoms with Crippen molar-refractivity contribution >= 4 is 5.96 Å². The Balaban J connectivity index is 1.66. The van der Waals surface area contributed by atoms with Crippen LogP contribution in [0.25, 0.3) is 0 Å². The standard InChI is InChI=1S/C20H31N3O4/c1-20(2)17(13-7-8-27-18(13)20)23-19(21-3)22-11-12-9-14(24-4)16(26-6)15(10-12)25-5/h9-10,13,17-18H,7-8,11H2,1-6H3,(H2,21,22,23). The predicted molar refractivity (Wildman–Crippen MR) is 105 cm³/mol. The van der Waals surface area contributed by atoms with Crippen molar-refractivity contribution in [3.8, 4) is 17.2 Å². The van der Waals surface area contributed by atoms with Crippen LogP contribution in [-0.2, 0) is 11.3 Å². The lowest BCUT2D eigenvalue weighted by Gasteiger charge is -2.54. The normalized spacial score (nSPS) is 26.0. The minimum absolute atomic E-state index is 0.103. The van der Waals surface area contributed by atoms with Gasteiger partial charge < -0.3 is 29.6 Å². The van der Waals surface area contributed by atoms with E-state index in [1.54, 1.807) is 28.4 Å². The topological polar surface area (TPSA) is 73.3 Å². The highest BCUT2D eigenvalue weighted by Crippen LogP contribution is 2.52. The third-order valence-corrected chi connectivity index (χ3v) is 5.80. The Kier molecular flexibility index (Phi) is 5.69. The maximum absolute atomic E-state index is 5.87. The van der Waals surface area contributed by atoms with E-state index in [1.165, 1.54) is 0 Å². The number of hydrogen-bond acceptors (Lipinski definition) is 5. The highest BCUT2D eigenvalue weighted by Gasteiger charge is 2.59. The number of rotatable bonds is 6. The highest BCUT2D eigenvalue weighted by molar-refractivity contribution is 5.80. The first-order valence-corrected chi connectivity index (χ1v) is 9.34. The van der Waals surface area contributed by atoms with Crippen LogP contribution in [0, 0.1) is 11.3 Å². The molecule has 0 radical (unpaired) electrons. The van der Waals surface area contributed by atoms with Gasteiger partial charge in [-0.25, -0.2) is 0 Å². The van der Waals surface area contributed by atoms with E-state index in [0.717, 1.165) is 24.6 Å². The molecule has 2 aliphatic rings. The Hall–Kier alpha value is -2.15. The number of ether oxygens (including phenoxy) is 4. The van der Waals surface area contributed by atoms with Gasteiger partial charge in [-0.2, -0.15) is 0 Å². The second kappa shape index (κ2) is 7.84. The molecule has 1 saturated heterocycles. The minimum atomic E-state index is 0.103. The van der Waals surface area contributed by atoms with E-state index >= 15 is 0 Å². The van der Waals surface area contributed by atoms with Gasteiger partial charge in [-0.05, 0) is 24.1 Å². The van der Waals surface area contributed by atoms with E-state index in [-0.39, 0.29) is 5.41 Å². The van der Waals surface area contributed by atoms with Crippen molar-refractivity contribution in [2.24, 2.45) is 16.3 Å². The van der Waals surface area contributed by atoms with Crippen LogP contribution in [0.1, 0.15) is 25.8 Å². The third-order valence-electron chi connectivity index (χ3n) is 5.80. The molecule has 1 aromatic carbocycles. The third kappa shape index (κ3) is 3.52. The van der Waals surface area contributed by atoms with Gasteiger partial charge in [0.15, 0.2) is 17.5 Å². The summed E-state index contributed by atoms with van der Waals surface area (Å²) in [5.41, 5.74) is 1.12. The molecule has 150 valence electrons. The average Bonchev–Trinajstić information content (AvgIpc) is 3.14. The molecule has 0 aromatic heterocycles. The molecule has 3 unspecified atom stereocenters. The van der Waals surface area contributed by atoms with E-state index < -0.39 is 0 Å². The summed E-state index contributed by atoms with van der Waals surface area (Å²) in [6.07, 6.45) is 1.46. The summed E-state index contributed by atoms with van der Waals surface area (Å²) >= 11 is 0. The van der Waals surface area contributed by atoms with Crippen LogP contribution < -0.4 is 24.8 Å². The number of aliphatic imine (C=N–C) groups is 1. The molecule has 7 heteroatoms. The molecule has 1 heterocycles. The monoisotopic (exact) mass is 377 g/mol. The van der Waals surface area contributed by atoms with Crippen molar-refractivity contribution in [3.05, 3.63) is 17.7 Å². The van der Waals surface area contributed by atoms with Gasteiger partial charge in [0, 0.05) is 37.6 Å². The largest absolute Gasteiger partial charge is 0.493 e. The van der Waals surface area contributed by atoms with Gasteiger partial charge in [0.25, 0.3) is 0 Å². The molecule has 2 fully saturated rings. The summed E-state index contributed by atoms with van der Waals surface area (Å²) in [7, 11) is 6.63. The number of benzene rings is 1. The number of methoxy groups -OCH3 is 3. The molecule has 3 atom stereocenters. The maximum atomic E-state index is 5.87. The summed E-state index contributed by atoms with van der Waals surface area (Å²) in [5, 5.41) is 6.98. The van der Waals surface area contributed by atoms with Crippen molar-refractivity contribution in [3.63, 3.8) is 0 Å². The number of nitrogens with one attached hydrogen (secondary N) is 2. The number of nitrogens with zero attached hydrogens (tertiary/aromatic N) is 1. The van der Waals surface area contributed by atoms with Gasteiger partial charge in [0.05, 0.1) is 27.4 Å². The van der Waals surface area contributed by atoms with Crippen LogP contribution in [0.3, 0.4) is 0 Å². The maximum Gasteiger partial charge on any atom is 0.203 e. The van der Waals surface area contributed by atoms with Crippen LogP contribution in [0.5, 0.6) is 17.2 Å². The molecule has 0 amide bonds. The fraction of sp³-hybridized carbons (Fsp3) is 0.650. The zero-order valence-corrected chi connectivity index (χ0v) is 17.1. The molecule has 7 nitrogen and oxygen atoms in total. The number of guanidine groups is 1. The molecular formula is C20H31N3O4. The Morgan fingerprint density at radius 2 is 1.85 bits per heavy atom. The zero-order valence-electron chi connectivity index (χ0n) is 17.1. The first kappa shape index (κ1) is 19.6. The highest BCUT2D eigenvalue weighted by atomic mass is 16.5. The Morgan fingerprint density at radius 3 is 2.41 bits per heavy atom. The van der Waals surface area contributed by atoms with Crippen molar-refractivity contribution in [1.29, 1.82) is 0 Å². The summed E-state index contributed by atoms with van der Waals surface area (Å²) in [4.78, 5) is 4.39. The van der Waals surface area contributed by atoms with Gasteiger partial charge in [0.2, 0.25) is 5.75 Å². The van der Waals surface area contributed by atoms with Crippen molar-refractivity contribution in [2.75, 3.05) is 35.0 Å². The van der Waals surface area contributed by atoms with Crippen LogP contribution in [-0.4, -0.2) is 53.1 Å². The first-order valence-electron chi connectivity index (χ1n) is 9.34. The van der Waals surface area contributed by atoms with Crippen LogP contribution in [0.15, 0.2) is 17.1 Å². The van der Waals surface area contributed by atoms with Crippen molar-refractivity contribution in [1.82, 2.24) is 10.6 Å². The van der Waals surface area contributed by atoms with Gasteiger partial charge in [-0.1, -0.05) is 13.8 Å².